The van der Waals surface area contributed by atoms with Crippen LogP contribution in [0, 0.1) is 11.3 Å². The van der Waals surface area contributed by atoms with Crippen LogP contribution < -0.4 is 3.27 Å². The molecule has 0 fully saturated rings. The van der Waals surface area contributed by atoms with Crippen molar-refractivity contribution in [2.45, 2.75) is 86.5 Å². The maximum absolute atomic E-state index is 2.90. The Hall–Kier alpha value is -2.89. The van der Waals surface area contributed by atoms with Crippen molar-refractivity contribution in [1.82, 2.24) is 0 Å². The van der Waals surface area contributed by atoms with Gasteiger partial charge in [0.15, 0.2) is 0 Å². The number of rotatable bonds is 4. The Morgan fingerprint density at radius 3 is 1.73 bits per heavy atom. The molecule has 0 amide bonds. The number of allylic oxidation sites excluding steroid dienone is 4. The minimum absolute atomic E-state index is 0.0304. The Kier molecular flexibility index (Phi) is 8.36. The molecule has 0 saturated heterocycles. The molecular formula is C44H50Zr. The van der Waals surface area contributed by atoms with E-state index in [0.717, 1.165) is 6.42 Å². The summed E-state index contributed by atoms with van der Waals surface area (Å²) in [5.41, 5.74) is 13.5. The Labute approximate surface area is 280 Å². The van der Waals surface area contributed by atoms with Crippen molar-refractivity contribution in [3.63, 3.8) is 0 Å². The van der Waals surface area contributed by atoms with Gasteiger partial charge in [-0.1, -0.05) is 0 Å². The molecule has 1 unspecified atom stereocenters. The molecule has 0 heterocycles. The molecule has 0 radical (unpaired) electrons. The van der Waals surface area contributed by atoms with Crippen LogP contribution in [0.15, 0.2) is 112 Å². The Morgan fingerprint density at radius 2 is 1.22 bits per heavy atom. The van der Waals surface area contributed by atoms with Gasteiger partial charge in [-0.15, -0.1) is 0 Å². The van der Waals surface area contributed by atoms with Crippen molar-refractivity contribution < 1.29 is 21.3 Å². The average Bonchev–Trinajstić information content (AvgIpc) is 3.55. The molecular weight excluding hydrogens is 620 g/mol. The van der Waals surface area contributed by atoms with Crippen molar-refractivity contribution in [2.75, 3.05) is 0 Å². The molecule has 1 heteroatoms. The first-order valence-electron chi connectivity index (χ1n) is 16.7. The van der Waals surface area contributed by atoms with Gasteiger partial charge in [0, 0.05) is 0 Å². The summed E-state index contributed by atoms with van der Waals surface area (Å²) in [4.78, 5) is 0. The van der Waals surface area contributed by atoms with E-state index < -0.39 is 21.3 Å². The molecule has 4 aromatic rings. The van der Waals surface area contributed by atoms with Gasteiger partial charge in [0.05, 0.1) is 0 Å². The predicted molar refractivity (Wildman–Crippen MR) is 193 cm³/mol. The third-order valence-electron chi connectivity index (χ3n) is 9.76. The van der Waals surface area contributed by atoms with Crippen molar-refractivity contribution >= 4 is 6.48 Å². The van der Waals surface area contributed by atoms with Gasteiger partial charge in [-0.05, 0) is 0 Å². The van der Waals surface area contributed by atoms with Gasteiger partial charge in [-0.25, -0.2) is 0 Å². The van der Waals surface area contributed by atoms with Crippen molar-refractivity contribution in [2.24, 2.45) is 11.3 Å². The molecule has 6 rings (SSSR count). The normalized spacial score (nSPS) is 16.2. The van der Waals surface area contributed by atoms with E-state index in [1.165, 1.54) is 39.0 Å². The fourth-order valence-electron chi connectivity index (χ4n) is 7.21. The molecule has 0 bridgehead atoms. The second-order valence-corrected chi connectivity index (χ2v) is 22.0. The van der Waals surface area contributed by atoms with E-state index in [0.29, 0.717) is 5.92 Å². The van der Waals surface area contributed by atoms with Crippen LogP contribution in [0.4, 0.5) is 0 Å². The molecule has 2 aliphatic rings. The van der Waals surface area contributed by atoms with Gasteiger partial charge in [-0.2, -0.15) is 0 Å². The monoisotopic (exact) mass is 668 g/mol. The summed E-state index contributed by atoms with van der Waals surface area (Å²) < 4.78 is 5.01. The van der Waals surface area contributed by atoms with E-state index in [1.54, 1.807) is 20.9 Å². The van der Waals surface area contributed by atoms with Gasteiger partial charge in [0.2, 0.25) is 0 Å². The van der Waals surface area contributed by atoms with E-state index in [1.807, 2.05) is 0 Å². The maximum atomic E-state index is 2.65. The van der Waals surface area contributed by atoms with Crippen molar-refractivity contribution in [1.29, 1.82) is 0 Å². The Morgan fingerprint density at radius 1 is 0.644 bits per heavy atom. The van der Waals surface area contributed by atoms with Crippen LogP contribution in [-0.4, -0.2) is 3.21 Å². The van der Waals surface area contributed by atoms with Gasteiger partial charge >= 0.3 is 282 Å². The average molecular weight is 670 g/mol. The number of fused-ring (bicyclic) bond motifs is 3. The number of benzene rings is 4. The molecule has 0 aromatic heterocycles. The van der Waals surface area contributed by atoms with Gasteiger partial charge < -0.3 is 0 Å². The number of hydrogen-bond donors (Lipinski definition) is 0. The first-order valence-corrected chi connectivity index (χ1v) is 20.4. The van der Waals surface area contributed by atoms with Crippen LogP contribution in [0.25, 0.3) is 11.1 Å². The van der Waals surface area contributed by atoms with Crippen LogP contribution in [0.5, 0.6) is 0 Å². The fraction of sp³-hybridized carbons (Fsp3) is 0.341. The summed E-state index contributed by atoms with van der Waals surface area (Å²) in [6, 6.07) is 35.0. The van der Waals surface area contributed by atoms with Crippen LogP contribution in [0.3, 0.4) is 0 Å². The third-order valence-corrected chi connectivity index (χ3v) is 17.9. The van der Waals surface area contributed by atoms with E-state index in [-0.39, 0.29) is 16.2 Å². The standard InChI is InChI=1S/C21H25.C13H10.C10H15.Zr/c1-20(2,3)16-7-9-18-14(12-16)11-15-13-17(21(4,5)6)8-10-19(15)18;1-3-7-12(8-4-1)11-13-9-5-2-6-10-13;1-8-5-6-9(7-8)10(2,3)4;/h7-10,12H,11H2,1-6H3;1-10H;6-8H,1-4H3;. The van der Waals surface area contributed by atoms with E-state index >= 15 is 0 Å². The molecule has 2 aliphatic carbocycles. The van der Waals surface area contributed by atoms with Crippen LogP contribution in [0.2, 0.25) is 0 Å². The molecule has 45 heavy (non-hydrogen) atoms. The molecule has 0 spiro atoms. The molecule has 0 saturated carbocycles. The van der Waals surface area contributed by atoms with Crippen LogP contribution in [-0.2, 0) is 38.5 Å². The summed E-state index contributed by atoms with van der Waals surface area (Å²) in [6.45, 7) is 23.9. The summed E-state index contributed by atoms with van der Waals surface area (Å²) in [5.74, 6) is 0.427. The van der Waals surface area contributed by atoms with Crippen molar-refractivity contribution in [3.8, 4) is 11.1 Å². The summed E-state index contributed by atoms with van der Waals surface area (Å²) in [5, 5.41) is 0. The first-order chi connectivity index (χ1) is 21.1. The van der Waals surface area contributed by atoms with E-state index in [9.17, 15) is 0 Å². The number of hydrogen-bond acceptors (Lipinski definition) is 0. The zero-order chi connectivity index (χ0) is 32.3. The zero-order valence-corrected chi connectivity index (χ0v) is 31.6. The fourth-order valence-corrected chi connectivity index (χ4v) is 16.6. The van der Waals surface area contributed by atoms with Gasteiger partial charge in [-0.3, -0.25) is 0 Å². The van der Waals surface area contributed by atoms with Crippen LogP contribution in [0.1, 0.15) is 103 Å². The van der Waals surface area contributed by atoms with E-state index in [4.69, 9.17) is 0 Å². The van der Waals surface area contributed by atoms with Crippen molar-refractivity contribution in [3.05, 3.63) is 145 Å². The topological polar surface area (TPSA) is 0 Å². The molecule has 230 valence electrons. The SMILES string of the molecule is CC1C=C(C(C)(C)C)C=[C]1[Zr](=[C](c1ccccc1)c1ccccc1)[c]1c(C(C)(C)C)ccc2c1Cc1cc(C(C)(C)C)ccc1-2. The Bertz CT molecular complexity index is 1800. The zero-order valence-electron chi connectivity index (χ0n) is 29.1. The molecule has 4 aromatic carbocycles. The molecule has 0 aliphatic heterocycles. The molecule has 0 N–H and O–H groups in total. The van der Waals surface area contributed by atoms with E-state index in [2.05, 4.69) is 172 Å². The molecule has 1 atom stereocenters. The molecule has 0 nitrogen and oxygen atoms in total. The summed E-state index contributed by atoms with van der Waals surface area (Å²) in [6.07, 6.45) is 6.25. The Balaban J connectivity index is 1.75. The summed E-state index contributed by atoms with van der Waals surface area (Å²) in [7, 11) is 0. The first kappa shape index (κ1) is 32.1. The minimum atomic E-state index is -2.90. The second-order valence-electron chi connectivity index (χ2n) is 16.3. The van der Waals surface area contributed by atoms with Gasteiger partial charge in [0.25, 0.3) is 0 Å². The van der Waals surface area contributed by atoms with Gasteiger partial charge in [0.1, 0.15) is 0 Å². The second kappa shape index (κ2) is 11.7. The third kappa shape index (κ3) is 6.15. The summed E-state index contributed by atoms with van der Waals surface area (Å²) >= 11 is -2.90. The van der Waals surface area contributed by atoms with Crippen LogP contribution >= 0.6 is 0 Å². The predicted octanol–water partition coefficient (Wildman–Crippen LogP) is 10.9. The quantitative estimate of drug-likeness (QED) is 0.179.